The summed E-state index contributed by atoms with van der Waals surface area (Å²) in [6.07, 6.45) is 4.21. The molecule has 1 aliphatic heterocycles. The molecule has 1 atom stereocenters. The number of nitrogens with one attached hydrogen (secondary N) is 2. The van der Waals surface area contributed by atoms with Crippen molar-refractivity contribution in [1.29, 1.82) is 0 Å². The van der Waals surface area contributed by atoms with Crippen molar-refractivity contribution in [3.8, 4) is 0 Å². The smallest absolute Gasteiger partial charge is 0.231 e. The molecule has 1 fully saturated rings. The van der Waals surface area contributed by atoms with Crippen LogP contribution in [0.5, 0.6) is 0 Å². The summed E-state index contributed by atoms with van der Waals surface area (Å²) in [7, 11) is 1.81. The fourth-order valence-electron chi connectivity index (χ4n) is 2.48. The molecular weight excluding hydrogens is 268 g/mol. The van der Waals surface area contributed by atoms with Gasteiger partial charge in [-0.05, 0) is 25.2 Å². The van der Waals surface area contributed by atoms with Gasteiger partial charge in [-0.3, -0.25) is 0 Å². The van der Waals surface area contributed by atoms with E-state index < -0.39 is 0 Å². The predicted molar refractivity (Wildman–Crippen MR) is 84.8 cm³/mol. The highest BCUT2D eigenvalue weighted by Gasteiger charge is 2.17. The SMILES string of the molecule is CCC(CCO)CNc1nc(NC)nc(N2CCCC2)n1. The first-order valence-electron chi connectivity index (χ1n) is 7.80. The summed E-state index contributed by atoms with van der Waals surface area (Å²) < 4.78 is 0. The van der Waals surface area contributed by atoms with Crippen LogP contribution in [0.3, 0.4) is 0 Å². The lowest BCUT2D eigenvalue weighted by atomic mass is 10.0. The highest BCUT2D eigenvalue weighted by Crippen LogP contribution is 2.19. The van der Waals surface area contributed by atoms with Gasteiger partial charge in [0, 0.05) is 33.3 Å². The molecule has 0 spiro atoms. The van der Waals surface area contributed by atoms with E-state index in [0.29, 0.717) is 17.8 Å². The summed E-state index contributed by atoms with van der Waals surface area (Å²) in [4.78, 5) is 15.5. The Bertz CT molecular complexity index is 435. The molecule has 2 heterocycles. The Morgan fingerprint density at radius 3 is 2.52 bits per heavy atom. The molecule has 7 nitrogen and oxygen atoms in total. The minimum Gasteiger partial charge on any atom is -0.396 e. The van der Waals surface area contributed by atoms with Gasteiger partial charge >= 0.3 is 0 Å². The standard InChI is InChI=1S/C14H26N6O/c1-3-11(6-9-21)10-16-13-17-12(15-2)18-14(19-13)20-7-4-5-8-20/h11,21H,3-10H2,1-2H3,(H2,15,16,17,18,19). The van der Waals surface area contributed by atoms with E-state index in [1.54, 1.807) is 0 Å². The largest absolute Gasteiger partial charge is 0.396 e. The Balaban J connectivity index is 2.05. The molecule has 118 valence electrons. The lowest BCUT2D eigenvalue weighted by Crippen LogP contribution is -2.23. The van der Waals surface area contributed by atoms with E-state index >= 15 is 0 Å². The van der Waals surface area contributed by atoms with Crippen LogP contribution in [0.4, 0.5) is 17.8 Å². The first kappa shape index (κ1) is 15.8. The molecule has 0 amide bonds. The summed E-state index contributed by atoms with van der Waals surface area (Å²) in [6, 6.07) is 0. The highest BCUT2D eigenvalue weighted by atomic mass is 16.3. The molecule has 1 aliphatic rings. The molecular formula is C14H26N6O. The van der Waals surface area contributed by atoms with Crippen molar-refractivity contribution in [2.75, 3.05) is 48.8 Å². The van der Waals surface area contributed by atoms with Gasteiger partial charge in [-0.25, -0.2) is 0 Å². The molecule has 0 bridgehead atoms. The number of aliphatic hydroxyl groups excluding tert-OH is 1. The molecule has 7 heteroatoms. The minimum absolute atomic E-state index is 0.220. The third-order valence-corrected chi connectivity index (χ3v) is 3.90. The van der Waals surface area contributed by atoms with Crippen molar-refractivity contribution in [1.82, 2.24) is 15.0 Å². The minimum atomic E-state index is 0.220. The Labute approximate surface area is 126 Å². The molecule has 1 unspecified atom stereocenters. The summed E-state index contributed by atoms with van der Waals surface area (Å²) >= 11 is 0. The molecule has 0 radical (unpaired) electrons. The molecule has 0 saturated carbocycles. The van der Waals surface area contributed by atoms with Gasteiger partial charge < -0.3 is 20.6 Å². The second kappa shape index (κ2) is 7.97. The van der Waals surface area contributed by atoms with Crippen molar-refractivity contribution in [3.05, 3.63) is 0 Å². The molecule has 1 aromatic heterocycles. The number of anilines is 3. The number of hydrogen-bond acceptors (Lipinski definition) is 7. The molecule has 21 heavy (non-hydrogen) atoms. The topological polar surface area (TPSA) is 86.2 Å². The van der Waals surface area contributed by atoms with Gasteiger partial charge in [0.1, 0.15) is 0 Å². The van der Waals surface area contributed by atoms with Crippen molar-refractivity contribution >= 4 is 17.8 Å². The monoisotopic (exact) mass is 294 g/mol. The third kappa shape index (κ3) is 4.42. The number of aromatic nitrogens is 3. The van der Waals surface area contributed by atoms with Gasteiger partial charge in [0.15, 0.2) is 0 Å². The zero-order chi connectivity index (χ0) is 15.1. The maximum Gasteiger partial charge on any atom is 0.231 e. The predicted octanol–water partition coefficient (Wildman–Crippen LogP) is 1.33. The van der Waals surface area contributed by atoms with Gasteiger partial charge in [-0.15, -0.1) is 0 Å². The lowest BCUT2D eigenvalue weighted by molar-refractivity contribution is 0.258. The average molecular weight is 294 g/mol. The maximum atomic E-state index is 9.05. The number of aliphatic hydroxyl groups is 1. The summed E-state index contributed by atoms with van der Waals surface area (Å²) in [5.41, 5.74) is 0. The van der Waals surface area contributed by atoms with E-state index in [0.717, 1.165) is 38.4 Å². The summed E-state index contributed by atoms with van der Waals surface area (Å²) in [5.74, 6) is 2.36. The molecule has 0 aliphatic carbocycles. The van der Waals surface area contributed by atoms with Crippen molar-refractivity contribution < 1.29 is 5.11 Å². The van der Waals surface area contributed by atoms with E-state index in [4.69, 9.17) is 5.11 Å². The molecule has 1 saturated heterocycles. The van der Waals surface area contributed by atoms with Crippen LogP contribution in [-0.4, -0.2) is 53.3 Å². The fraction of sp³-hybridized carbons (Fsp3) is 0.786. The Morgan fingerprint density at radius 2 is 1.90 bits per heavy atom. The van der Waals surface area contributed by atoms with E-state index in [1.165, 1.54) is 12.8 Å². The highest BCUT2D eigenvalue weighted by molar-refractivity contribution is 5.44. The summed E-state index contributed by atoms with van der Waals surface area (Å²) in [5, 5.41) is 15.3. The first-order valence-corrected chi connectivity index (χ1v) is 7.80. The first-order chi connectivity index (χ1) is 10.3. The second-order valence-electron chi connectivity index (χ2n) is 5.39. The van der Waals surface area contributed by atoms with Crippen molar-refractivity contribution in [3.63, 3.8) is 0 Å². The maximum absolute atomic E-state index is 9.05. The Hall–Kier alpha value is -1.63. The van der Waals surface area contributed by atoms with E-state index in [9.17, 15) is 0 Å². The van der Waals surface area contributed by atoms with Crippen LogP contribution in [0.25, 0.3) is 0 Å². The zero-order valence-electron chi connectivity index (χ0n) is 13.0. The van der Waals surface area contributed by atoms with Gasteiger partial charge in [0.2, 0.25) is 17.8 Å². The van der Waals surface area contributed by atoms with Crippen LogP contribution < -0.4 is 15.5 Å². The van der Waals surface area contributed by atoms with Gasteiger partial charge in [0.05, 0.1) is 0 Å². The van der Waals surface area contributed by atoms with Gasteiger partial charge in [0.25, 0.3) is 0 Å². The average Bonchev–Trinajstić information content (AvgIpc) is 3.05. The molecule has 3 N–H and O–H groups in total. The molecule has 2 rings (SSSR count). The van der Waals surface area contributed by atoms with Crippen molar-refractivity contribution in [2.24, 2.45) is 5.92 Å². The number of hydrogen-bond donors (Lipinski definition) is 3. The van der Waals surface area contributed by atoms with Crippen LogP contribution in [0.2, 0.25) is 0 Å². The van der Waals surface area contributed by atoms with E-state index in [1.807, 2.05) is 7.05 Å². The number of rotatable bonds is 8. The molecule has 1 aromatic rings. The number of nitrogens with zero attached hydrogens (tertiary/aromatic N) is 4. The molecule has 0 aromatic carbocycles. The van der Waals surface area contributed by atoms with Crippen LogP contribution in [0, 0.1) is 5.92 Å². The Morgan fingerprint density at radius 1 is 1.19 bits per heavy atom. The fourth-order valence-corrected chi connectivity index (χ4v) is 2.48. The normalized spacial score (nSPS) is 16.0. The van der Waals surface area contributed by atoms with Crippen LogP contribution >= 0.6 is 0 Å². The van der Waals surface area contributed by atoms with Crippen LogP contribution in [0.1, 0.15) is 32.6 Å². The van der Waals surface area contributed by atoms with Crippen LogP contribution in [-0.2, 0) is 0 Å². The van der Waals surface area contributed by atoms with E-state index in [2.05, 4.69) is 37.4 Å². The van der Waals surface area contributed by atoms with Gasteiger partial charge in [-0.1, -0.05) is 13.3 Å². The zero-order valence-corrected chi connectivity index (χ0v) is 13.0. The quantitative estimate of drug-likeness (QED) is 0.667. The third-order valence-electron chi connectivity index (χ3n) is 3.90. The lowest BCUT2D eigenvalue weighted by Gasteiger charge is -2.18. The van der Waals surface area contributed by atoms with E-state index in [-0.39, 0.29) is 6.61 Å². The Kier molecular flexibility index (Phi) is 5.98. The summed E-state index contributed by atoms with van der Waals surface area (Å²) in [6.45, 7) is 5.13. The van der Waals surface area contributed by atoms with Crippen molar-refractivity contribution in [2.45, 2.75) is 32.6 Å². The second-order valence-corrected chi connectivity index (χ2v) is 5.39. The van der Waals surface area contributed by atoms with Crippen LogP contribution in [0.15, 0.2) is 0 Å². The van der Waals surface area contributed by atoms with Gasteiger partial charge in [-0.2, -0.15) is 15.0 Å².